The molecule has 0 aromatic carbocycles. The zero-order chi connectivity index (χ0) is 14.7. The minimum Gasteiger partial charge on any atom is -0.440 e. The van der Waals surface area contributed by atoms with E-state index in [0.29, 0.717) is 22.8 Å². The Labute approximate surface area is 134 Å². The molecule has 0 aliphatic carbocycles. The van der Waals surface area contributed by atoms with Crippen molar-refractivity contribution < 1.29 is 8.83 Å². The summed E-state index contributed by atoms with van der Waals surface area (Å²) in [5, 5.41) is 10.6. The quantitative estimate of drug-likeness (QED) is 0.622. The van der Waals surface area contributed by atoms with Gasteiger partial charge in [0.2, 0.25) is 11.8 Å². The summed E-state index contributed by atoms with van der Waals surface area (Å²) in [7, 11) is 0. The first-order chi connectivity index (χ1) is 10.3. The Morgan fingerprint density at radius 3 is 2.90 bits per heavy atom. The molecule has 0 saturated carbocycles. The summed E-state index contributed by atoms with van der Waals surface area (Å²) < 4.78 is 11.2. The van der Waals surface area contributed by atoms with E-state index in [1.807, 2.05) is 30.7 Å². The highest BCUT2D eigenvalue weighted by molar-refractivity contribution is 7.98. The average molecular weight is 339 g/mol. The molecule has 110 valence electrons. The summed E-state index contributed by atoms with van der Waals surface area (Å²) in [6.45, 7) is 1.92. The SMILES string of the molecule is CSCc1nnc(SCc2nc(-c3cccs3)oc2C)o1. The van der Waals surface area contributed by atoms with Gasteiger partial charge in [-0.1, -0.05) is 17.8 Å². The van der Waals surface area contributed by atoms with Crippen molar-refractivity contribution in [1.82, 2.24) is 15.2 Å². The Kier molecular flexibility index (Phi) is 4.67. The van der Waals surface area contributed by atoms with Crippen molar-refractivity contribution in [2.45, 2.75) is 23.7 Å². The van der Waals surface area contributed by atoms with Gasteiger partial charge in [-0.3, -0.25) is 0 Å². The molecule has 0 aliphatic rings. The highest BCUT2D eigenvalue weighted by Gasteiger charge is 2.14. The van der Waals surface area contributed by atoms with Gasteiger partial charge in [0.25, 0.3) is 5.22 Å². The van der Waals surface area contributed by atoms with Crippen LogP contribution < -0.4 is 0 Å². The van der Waals surface area contributed by atoms with Crippen molar-refractivity contribution in [3.63, 3.8) is 0 Å². The second kappa shape index (κ2) is 6.67. The van der Waals surface area contributed by atoms with E-state index in [1.165, 1.54) is 11.8 Å². The Morgan fingerprint density at radius 1 is 1.24 bits per heavy atom. The summed E-state index contributed by atoms with van der Waals surface area (Å²) in [6, 6.07) is 3.99. The molecular formula is C13H13N3O2S3. The Morgan fingerprint density at radius 2 is 2.14 bits per heavy atom. The van der Waals surface area contributed by atoms with E-state index in [9.17, 15) is 0 Å². The molecule has 0 atom stereocenters. The number of thioether (sulfide) groups is 2. The number of aryl methyl sites for hydroxylation is 1. The number of rotatable bonds is 6. The van der Waals surface area contributed by atoms with E-state index in [-0.39, 0.29) is 0 Å². The zero-order valence-electron chi connectivity index (χ0n) is 11.5. The lowest BCUT2D eigenvalue weighted by atomic mass is 10.4. The largest absolute Gasteiger partial charge is 0.440 e. The zero-order valence-corrected chi connectivity index (χ0v) is 14.0. The molecule has 3 aromatic rings. The van der Waals surface area contributed by atoms with E-state index in [4.69, 9.17) is 8.83 Å². The lowest BCUT2D eigenvalue weighted by molar-refractivity contribution is 0.426. The molecule has 0 saturated heterocycles. The fourth-order valence-electron chi connectivity index (χ4n) is 1.68. The number of hydrogen-bond donors (Lipinski definition) is 0. The lowest BCUT2D eigenvalue weighted by Crippen LogP contribution is -1.84. The number of thiophene rings is 1. The maximum Gasteiger partial charge on any atom is 0.276 e. The van der Waals surface area contributed by atoms with Crippen LogP contribution in [0.2, 0.25) is 0 Å². The van der Waals surface area contributed by atoms with E-state index in [1.54, 1.807) is 23.1 Å². The average Bonchev–Trinajstić information content (AvgIpc) is 3.17. The third-order valence-corrected chi connectivity index (χ3v) is 4.90. The van der Waals surface area contributed by atoms with Crippen LogP contribution in [-0.2, 0) is 11.5 Å². The molecule has 0 unspecified atom stereocenters. The van der Waals surface area contributed by atoms with Gasteiger partial charge >= 0.3 is 0 Å². The second-order valence-corrected chi connectivity index (χ2v) is 6.92. The molecule has 0 bridgehead atoms. The predicted octanol–water partition coefficient (Wildman–Crippen LogP) is 4.25. The monoisotopic (exact) mass is 339 g/mol. The molecule has 3 rings (SSSR count). The highest BCUT2D eigenvalue weighted by Crippen LogP contribution is 2.29. The minimum atomic E-state index is 0.569. The van der Waals surface area contributed by atoms with Gasteiger partial charge in [0.15, 0.2) is 0 Å². The maximum absolute atomic E-state index is 5.71. The summed E-state index contributed by atoms with van der Waals surface area (Å²) in [4.78, 5) is 5.58. The van der Waals surface area contributed by atoms with Crippen LogP contribution in [0.25, 0.3) is 10.8 Å². The van der Waals surface area contributed by atoms with Crippen LogP contribution in [0.4, 0.5) is 0 Å². The molecule has 21 heavy (non-hydrogen) atoms. The molecule has 0 radical (unpaired) electrons. The van der Waals surface area contributed by atoms with Gasteiger partial charge in [-0.25, -0.2) is 4.98 Å². The molecule has 0 N–H and O–H groups in total. The van der Waals surface area contributed by atoms with E-state index < -0.39 is 0 Å². The summed E-state index contributed by atoms with van der Waals surface area (Å²) in [5.41, 5.74) is 0.910. The first kappa shape index (κ1) is 14.7. The van der Waals surface area contributed by atoms with Crippen LogP contribution >= 0.6 is 34.9 Å². The van der Waals surface area contributed by atoms with Crippen LogP contribution in [0.1, 0.15) is 17.3 Å². The van der Waals surface area contributed by atoms with Crippen LogP contribution in [0.15, 0.2) is 31.6 Å². The van der Waals surface area contributed by atoms with Crippen molar-refractivity contribution in [2.24, 2.45) is 0 Å². The van der Waals surface area contributed by atoms with Crippen LogP contribution in [0, 0.1) is 6.92 Å². The van der Waals surface area contributed by atoms with Crippen LogP contribution in [0.5, 0.6) is 0 Å². The summed E-state index contributed by atoms with van der Waals surface area (Å²) in [6.07, 6.45) is 2.00. The third kappa shape index (κ3) is 3.50. The Hall–Kier alpha value is -1.25. The smallest absolute Gasteiger partial charge is 0.276 e. The molecule has 3 heterocycles. The standard InChI is InChI=1S/C13H13N3O2S3/c1-8-9(14-12(17-8)10-4-3-5-20-10)6-21-13-16-15-11(18-13)7-19-2/h3-5H,6-7H2,1-2H3. The van der Waals surface area contributed by atoms with Gasteiger partial charge in [0.05, 0.1) is 16.3 Å². The molecule has 8 heteroatoms. The molecule has 0 fully saturated rings. The third-order valence-electron chi connectivity index (χ3n) is 2.67. The molecule has 0 spiro atoms. The van der Waals surface area contributed by atoms with Gasteiger partial charge in [-0.2, -0.15) is 11.8 Å². The van der Waals surface area contributed by atoms with Gasteiger partial charge in [-0.05, 0) is 24.6 Å². The molecule has 3 aromatic heterocycles. The molecule has 0 amide bonds. The van der Waals surface area contributed by atoms with Gasteiger partial charge in [0, 0.05) is 5.75 Å². The number of nitrogens with zero attached hydrogens (tertiary/aromatic N) is 3. The Balaban J connectivity index is 1.67. The number of oxazole rings is 1. The maximum atomic E-state index is 5.71. The van der Waals surface area contributed by atoms with Crippen LogP contribution in [-0.4, -0.2) is 21.4 Å². The summed E-state index contributed by atoms with van der Waals surface area (Å²) in [5.74, 6) is 3.54. The number of hydrogen-bond acceptors (Lipinski definition) is 8. The fraction of sp³-hybridized carbons (Fsp3) is 0.308. The van der Waals surface area contributed by atoms with Crippen molar-refractivity contribution in [2.75, 3.05) is 6.26 Å². The Bertz CT molecular complexity index is 706. The predicted molar refractivity (Wildman–Crippen MR) is 85.6 cm³/mol. The topological polar surface area (TPSA) is 65.0 Å². The first-order valence-corrected chi connectivity index (χ1v) is 9.46. The summed E-state index contributed by atoms with van der Waals surface area (Å²) >= 11 is 4.75. The lowest BCUT2D eigenvalue weighted by Gasteiger charge is -1.93. The van der Waals surface area contributed by atoms with Crippen molar-refractivity contribution in [3.8, 4) is 10.8 Å². The van der Waals surface area contributed by atoms with Gasteiger partial charge < -0.3 is 8.83 Å². The molecular weight excluding hydrogens is 326 g/mol. The second-order valence-electron chi connectivity index (χ2n) is 4.18. The van der Waals surface area contributed by atoms with E-state index >= 15 is 0 Å². The normalized spacial score (nSPS) is 11.1. The van der Waals surface area contributed by atoms with Gasteiger partial charge in [-0.15, -0.1) is 21.5 Å². The van der Waals surface area contributed by atoms with E-state index in [0.717, 1.165) is 22.1 Å². The number of aromatic nitrogens is 3. The fourth-order valence-corrected chi connectivity index (χ4v) is 3.47. The molecule has 5 nitrogen and oxygen atoms in total. The minimum absolute atomic E-state index is 0.569. The molecule has 0 aliphatic heterocycles. The van der Waals surface area contributed by atoms with E-state index in [2.05, 4.69) is 15.2 Å². The van der Waals surface area contributed by atoms with Crippen molar-refractivity contribution >= 4 is 34.9 Å². The van der Waals surface area contributed by atoms with Crippen molar-refractivity contribution in [1.29, 1.82) is 0 Å². The van der Waals surface area contributed by atoms with Gasteiger partial charge in [0.1, 0.15) is 5.76 Å². The van der Waals surface area contributed by atoms with Crippen molar-refractivity contribution in [3.05, 3.63) is 34.9 Å². The highest BCUT2D eigenvalue weighted by atomic mass is 32.2. The van der Waals surface area contributed by atoms with Crippen LogP contribution in [0.3, 0.4) is 0 Å². The first-order valence-electron chi connectivity index (χ1n) is 6.20.